The molecule has 7 nitrogen and oxygen atoms in total. The molecule has 0 bridgehead atoms. The van der Waals surface area contributed by atoms with Crippen LogP contribution in [0.25, 0.3) is 0 Å². The van der Waals surface area contributed by atoms with Crippen LogP contribution in [-0.2, 0) is 0 Å². The molecule has 0 unspecified atom stereocenters. The van der Waals surface area contributed by atoms with Crippen molar-refractivity contribution in [3.63, 3.8) is 0 Å². The predicted octanol–water partition coefficient (Wildman–Crippen LogP) is 3.22. The van der Waals surface area contributed by atoms with Crippen LogP contribution < -0.4 is 10.2 Å². The largest absolute Gasteiger partial charge is 0.459 e. The lowest BCUT2D eigenvalue weighted by molar-refractivity contribution is 0.0714. The van der Waals surface area contributed by atoms with Crippen LogP contribution in [0.1, 0.15) is 16.2 Å². The van der Waals surface area contributed by atoms with Gasteiger partial charge < -0.3 is 19.5 Å². The Morgan fingerprint density at radius 3 is 2.54 bits per heavy atom. The summed E-state index contributed by atoms with van der Waals surface area (Å²) in [7, 11) is 0. The van der Waals surface area contributed by atoms with E-state index in [4.69, 9.17) is 4.42 Å². The molecule has 4 rings (SSSR count). The van der Waals surface area contributed by atoms with E-state index in [0.717, 1.165) is 11.4 Å². The zero-order valence-corrected chi connectivity index (χ0v) is 15.4. The van der Waals surface area contributed by atoms with Gasteiger partial charge in [-0.1, -0.05) is 0 Å². The zero-order valence-electron chi connectivity index (χ0n) is 15.4. The molecule has 1 fully saturated rings. The van der Waals surface area contributed by atoms with Crippen LogP contribution in [0.3, 0.4) is 0 Å². The number of benzene rings is 1. The van der Waals surface area contributed by atoms with Crippen LogP contribution in [0.15, 0.2) is 53.1 Å². The topological polar surface area (TPSA) is 74.5 Å². The van der Waals surface area contributed by atoms with Crippen LogP contribution in [0, 0.1) is 12.7 Å². The zero-order chi connectivity index (χ0) is 19.5. The van der Waals surface area contributed by atoms with Crippen molar-refractivity contribution in [1.82, 2.24) is 14.9 Å². The van der Waals surface area contributed by atoms with Gasteiger partial charge in [0.15, 0.2) is 5.76 Å². The van der Waals surface area contributed by atoms with Gasteiger partial charge in [0.2, 0.25) is 5.95 Å². The molecule has 144 valence electrons. The number of carbonyl (C=O) groups excluding carboxylic acids is 1. The summed E-state index contributed by atoms with van der Waals surface area (Å²) in [6.45, 7) is 4.30. The third kappa shape index (κ3) is 3.95. The monoisotopic (exact) mass is 381 g/mol. The summed E-state index contributed by atoms with van der Waals surface area (Å²) in [6, 6.07) is 11.3. The Morgan fingerprint density at radius 2 is 1.86 bits per heavy atom. The Morgan fingerprint density at radius 1 is 1.11 bits per heavy atom. The number of aromatic nitrogens is 2. The molecule has 28 heavy (non-hydrogen) atoms. The fourth-order valence-electron chi connectivity index (χ4n) is 3.11. The molecular weight excluding hydrogens is 361 g/mol. The van der Waals surface area contributed by atoms with Gasteiger partial charge in [-0.05, 0) is 43.3 Å². The Balaban J connectivity index is 1.44. The van der Waals surface area contributed by atoms with Gasteiger partial charge in [0.05, 0.1) is 6.26 Å². The molecule has 0 spiro atoms. The maximum atomic E-state index is 13.1. The molecule has 2 aromatic heterocycles. The molecule has 0 saturated carbocycles. The number of amides is 1. The highest BCUT2D eigenvalue weighted by atomic mass is 19.1. The predicted molar refractivity (Wildman–Crippen MR) is 103 cm³/mol. The van der Waals surface area contributed by atoms with Gasteiger partial charge in [0.1, 0.15) is 11.6 Å². The number of nitrogens with one attached hydrogen (secondary N) is 1. The molecule has 1 aliphatic rings. The Bertz CT molecular complexity index is 951. The van der Waals surface area contributed by atoms with E-state index < -0.39 is 0 Å². The lowest BCUT2D eigenvalue weighted by Gasteiger charge is -2.34. The summed E-state index contributed by atoms with van der Waals surface area (Å²) in [5.41, 5.74) is 1.57. The summed E-state index contributed by atoms with van der Waals surface area (Å²) in [6.07, 6.45) is 1.50. The van der Waals surface area contributed by atoms with Crippen molar-refractivity contribution in [3.8, 4) is 0 Å². The second-order valence-electron chi connectivity index (χ2n) is 6.58. The van der Waals surface area contributed by atoms with Crippen molar-refractivity contribution in [2.24, 2.45) is 0 Å². The third-order valence-corrected chi connectivity index (χ3v) is 4.54. The normalized spacial score (nSPS) is 14.2. The van der Waals surface area contributed by atoms with Gasteiger partial charge in [-0.2, -0.15) is 4.98 Å². The van der Waals surface area contributed by atoms with Crippen molar-refractivity contribution in [2.75, 3.05) is 36.4 Å². The second kappa shape index (κ2) is 7.67. The Kier molecular flexibility index (Phi) is 4.92. The first-order valence-electron chi connectivity index (χ1n) is 9.04. The molecule has 8 heteroatoms. The average molecular weight is 381 g/mol. The van der Waals surface area contributed by atoms with Crippen molar-refractivity contribution >= 4 is 23.4 Å². The van der Waals surface area contributed by atoms with E-state index in [0.29, 0.717) is 43.7 Å². The van der Waals surface area contributed by atoms with Gasteiger partial charge in [0, 0.05) is 43.6 Å². The van der Waals surface area contributed by atoms with Gasteiger partial charge in [-0.3, -0.25) is 4.79 Å². The number of anilines is 3. The molecule has 0 radical (unpaired) electrons. The van der Waals surface area contributed by atoms with Crippen LogP contribution in [0.2, 0.25) is 0 Å². The SMILES string of the molecule is Cc1cc(Nc2ccc(F)cc2)nc(N2CCN(C(=O)c3ccco3)CC2)n1. The molecule has 3 aromatic rings. The molecule has 1 saturated heterocycles. The third-order valence-electron chi connectivity index (χ3n) is 4.54. The molecule has 1 aliphatic heterocycles. The van der Waals surface area contributed by atoms with E-state index in [1.165, 1.54) is 18.4 Å². The van der Waals surface area contributed by atoms with Crippen LogP contribution in [0.4, 0.5) is 21.8 Å². The highest BCUT2D eigenvalue weighted by Gasteiger charge is 2.25. The quantitative estimate of drug-likeness (QED) is 0.748. The maximum Gasteiger partial charge on any atom is 0.289 e. The number of furan rings is 1. The number of halogens is 1. The first-order chi connectivity index (χ1) is 13.6. The molecule has 0 aliphatic carbocycles. The fraction of sp³-hybridized carbons (Fsp3) is 0.250. The molecular formula is C20H20FN5O2. The number of nitrogens with zero attached hydrogens (tertiary/aromatic N) is 4. The Labute approximate surface area is 161 Å². The smallest absolute Gasteiger partial charge is 0.289 e. The van der Waals surface area contributed by atoms with E-state index in [9.17, 15) is 9.18 Å². The lowest BCUT2D eigenvalue weighted by Crippen LogP contribution is -2.49. The first kappa shape index (κ1) is 18.0. The Hall–Kier alpha value is -3.42. The summed E-state index contributed by atoms with van der Waals surface area (Å²) >= 11 is 0. The molecule has 3 heterocycles. The summed E-state index contributed by atoms with van der Waals surface area (Å²) in [4.78, 5) is 25.3. The van der Waals surface area contributed by atoms with E-state index in [1.54, 1.807) is 29.2 Å². The minimum Gasteiger partial charge on any atom is -0.459 e. The number of piperazine rings is 1. The van der Waals surface area contributed by atoms with E-state index in [1.807, 2.05) is 13.0 Å². The van der Waals surface area contributed by atoms with Gasteiger partial charge in [0.25, 0.3) is 5.91 Å². The summed E-state index contributed by atoms with van der Waals surface area (Å²) in [5, 5.41) is 3.18. The number of hydrogen-bond acceptors (Lipinski definition) is 6. The van der Waals surface area contributed by atoms with E-state index in [-0.39, 0.29) is 11.7 Å². The van der Waals surface area contributed by atoms with Crippen molar-refractivity contribution in [1.29, 1.82) is 0 Å². The van der Waals surface area contributed by atoms with Gasteiger partial charge in [-0.15, -0.1) is 0 Å². The molecule has 1 amide bonds. The number of hydrogen-bond donors (Lipinski definition) is 1. The summed E-state index contributed by atoms with van der Waals surface area (Å²) < 4.78 is 18.3. The highest BCUT2D eigenvalue weighted by Crippen LogP contribution is 2.20. The standard InChI is InChI=1S/C20H20FN5O2/c1-14-13-18(23-16-6-4-15(21)5-7-16)24-20(22-14)26-10-8-25(9-11-26)19(27)17-3-2-12-28-17/h2-7,12-13H,8-11H2,1H3,(H,22,23,24). The van der Waals surface area contributed by atoms with Crippen LogP contribution in [-0.4, -0.2) is 47.0 Å². The molecule has 0 atom stereocenters. The first-order valence-corrected chi connectivity index (χ1v) is 9.04. The molecule has 1 N–H and O–H groups in total. The molecule has 1 aromatic carbocycles. The average Bonchev–Trinajstić information content (AvgIpc) is 3.24. The van der Waals surface area contributed by atoms with Crippen LogP contribution in [0.5, 0.6) is 0 Å². The highest BCUT2D eigenvalue weighted by molar-refractivity contribution is 5.91. The minimum absolute atomic E-state index is 0.103. The maximum absolute atomic E-state index is 13.1. The van der Waals surface area contributed by atoms with E-state index in [2.05, 4.69) is 20.2 Å². The minimum atomic E-state index is -0.285. The number of rotatable bonds is 4. The van der Waals surface area contributed by atoms with Gasteiger partial charge >= 0.3 is 0 Å². The number of aryl methyl sites for hydroxylation is 1. The lowest BCUT2D eigenvalue weighted by atomic mass is 10.3. The van der Waals surface area contributed by atoms with Crippen molar-refractivity contribution in [2.45, 2.75) is 6.92 Å². The van der Waals surface area contributed by atoms with Crippen LogP contribution >= 0.6 is 0 Å². The van der Waals surface area contributed by atoms with Crippen molar-refractivity contribution < 1.29 is 13.6 Å². The summed E-state index contributed by atoms with van der Waals surface area (Å²) in [5.74, 6) is 1.21. The number of carbonyl (C=O) groups is 1. The van der Waals surface area contributed by atoms with Gasteiger partial charge in [-0.25, -0.2) is 9.37 Å². The fourth-order valence-corrected chi connectivity index (χ4v) is 3.11. The second-order valence-corrected chi connectivity index (χ2v) is 6.58. The van der Waals surface area contributed by atoms with E-state index >= 15 is 0 Å². The van der Waals surface area contributed by atoms with Crippen molar-refractivity contribution in [3.05, 3.63) is 66.0 Å².